The van der Waals surface area contributed by atoms with E-state index in [2.05, 4.69) is 49.5 Å². The molecular formula is C27H38N2O2. The van der Waals surface area contributed by atoms with Crippen molar-refractivity contribution in [2.45, 2.75) is 85.4 Å². The Labute approximate surface area is 188 Å². The summed E-state index contributed by atoms with van der Waals surface area (Å²) in [4.78, 5) is 27.8. The number of nitrogens with zero attached hydrogens (tertiary/aromatic N) is 1. The summed E-state index contributed by atoms with van der Waals surface area (Å²) < 4.78 is 0. The van der Waals surface area contributed by atoms with Crippen LogP contribution in [-0.2, 0) is 22.6 Å². The molecule has 2 aromatic rings. The molecule has 0 aliphatic carbocycles. The lowest BCUT2D eigenvalue weighted by Gasteiger charge is -2.31. The van der Waals surface area contributed by atoms with E-state index < -0.39 is 6.04 Å². The zero-order valence-electron chi connectivity index (χ0n) is 20.2. The number of hydrogen-bond acceptors (Lipinski definition) is 2. The number of aryl methyl sites for hydroxylation is 2. The van der Waals surface area contributed by atoms with Crippen molar-refractivity contribution in [3.8, 4) is 0 Å². The number of carbonyl (C=O) groups excluding carboxylic acids is 2. The molecule has 2 aromatic carbocycles. The van der Waals surface area contributed by atoms with Gasteiger partial charge < -0.3 is 10.2 Å². The molecule has 0 aliphatic heterocycles. The van der Waals surface area contributed by atoms with Crippen LogP contribution in [-0.4, -0.2) is 28.3 Å². The van der Waals surface area contributed by atoms with Crippen molar-refractivity contribution in [1.82, 2.24) is 10.2 Å². The third-order valence-corrected chi connectivity index (χ3v) is 5.37. The Morgan fingerprint density at radius 1 is 0.968 bits per heavy atom. The van der Waals surface area contributed by atoms with Gasteiger partial charge in [-0.2, -0.15) is 0 Å². The van der Waals surface area contributed by atoms with Crippen molar-refractivity contribution in [3.63, 3.8) is 0 Å². The standard InChI is InChI=1S/C27H38N2O2/c1-19(2)24-14-11-22(12-15-24)13-16-25(30)29(18-23-10-8-9-20(3)17-23)21(4)26(31)28-27(5,6)7/h8-12,14-15,17,19,21H,13,16,18H2,1-7H3,(H,28,31)/t21-/m0/s1. The van der Waals surface area contributed by atoms with Gasteiger partial charge in [-0.3, -0.25) is 9.59 Å². The van der Waals surface area contributed by atoms with Crippen LogP contribution in [0.3, 0.4) is 0 Å². The Morgan fingerprint density at radius 2 is 1.61 bits per heavy atom. The van der Waals surface area contributed by atoms with Crippen LogP contribution in [0.4, 0.5) is 0 Å². The molecule has 4 heteroatoms. The number of amides is 2. The summed E-state index contributed by atoms with van der Waals surface area (Å²) in [7, 11) is 0. The van der Waals surface area contributed by atoms with E-state index >= 15 is 0 Å². The van der Waals surface area contributed by atoms with Gasteiger partial charge >= 0.3 is 0 Å². The molecule has 0 unspecified atom stereocenters. The first-order chi connectivity index (χ1) is 14.5. The molecule has 1 N–H and O–H groups in total. The number of nitrogens with one attached hydrogen (secondary N) is 1. The molecule has 2 rings (SSSR count). The lowest BCUT2D eigenvalue weighted by molar-refractivity contribution is -0.141. The van der Waals surface area contributed by atoms with Crippen LogP contribution in [0, 0.1) is 6.92 Å². The van der Waals surface area contributed by atoms with Gasteiger partial charge in [-0.1, -0.05) is 67.9 Å². The number of hydrogen-bond donors (Lipinski definition) is 1. The molecule has 0 radical (unpaired) electrons. The second-order valence-electron chi connectivity index (χ2n) is 9.82. The smallest absolute Gasteiger partial charge is 0.242 e. The molecule has 0 aromatic heterocycles. The zero-order chi connectivity index (χ0) is 23.2. The molecule has 0 fully saturated rings. The Hall–Kier alpha value is -2.62. The molecule has 0 spiro atoms. The van der Waals surface area contributed by atoms with Crippen LogP contribution < -0.4 is 5.32 Å². The van der Waals surface area contributed by atoms with Gasteiger partial charge in [0.25, 0.3) is 0 Å². The first-order valence-electron chi connectivity index (χ1n) is 11.2. The van der Waals surface area contributed by atoms with E-state index in [1.54, 1.807) is 4.90 Å². The van der Waals surface area contributed by atoms with Gasteiger partial charge in [0.1, 0.15) is 6.04 Å². The largest absolute Gasteiger partial charge is 0.350 e. The fourth-order valence-electron chi connectivity index (χ4n) is 3.53. The third-order valence-electron chi connectivity index (χ3n) is 5.37. The van der Waals surface area contributed by atoms with E-state index in [1.807, 2.05) is 52.8 Å². The summed E-state index contributed by atoms with van der Waals surface area (Å²) in [6.45, 7) is 14.5. The van der Waals surface area contributed by atoms with E-state index in [4.69, 9.17) is 0 Å². The van der Waals surface area contributed by atoms with Gasteiger partial charge in [0, 0.05) is 18.5 Å². The molecule has 168 valence electrons. The Balaban J connectivity index is 2.15. The van der Waals surface area contributed by atoms with Crippen molar-refractivity contribution in [3.05, 3.63) is 70.8 Å². The maximum absolute atomic E-state index is 13.2. The molecule has 4 nitrogen and oxygen atoms in total. The van der Waals surface area contributed by atoms with Crippen LogP contribution in [0.5, 0.6) is 0 Å². The van der Waals surface area contributed by atoms with E-state index in [0.717, 1.165) is 16.7 Å². The predicted octanol–water partition coefficient (Wildman–Crippen LogP) is 5.38. The number of rotatable bonds is 8. The SMILES string of the molecule is Cc1cccc(CN(C(=O)CCc2ccc(C(C)C)cc2)[C@@H](C)C(=O)NC(C)(C)C)c1. The van der Waals surface area contributed by atoms with Crippen LogP contribution >= 0.6 is 0 Å². The predicted molar refractivity (Wildman–Crippen MR) is 128 cm³/mol. The second-order valence-corrected chi connectivity index (χ2v) is 9.82. The summed E-state index contributed by atoms with van der Waals surface area (Å²) in [6, 6.07) is 16.0. The fraction of sp³-hybridized carbons (Fsp3) is 0.481. The van der Waals surface area contributed by atoms with Crippen molar-refractivity contribution in [2.75, 3.05) is 0 Å². The van der Waals surface area contributed by atoms with Gasteiger partial charge in [0.15, 0.2) is 0 Å². The average molecular weight is 423 g/mol. The minimum Gasteiger partial charge on any atom is -0.350 e. The van der Waals surface area contributed by atoms with E-state index in [-0.39, 0.29) is 17.4 Å². The highest BCUT2D eigenvalue weighted by molar-refractivity contribution is 5.87. The monoisotopic (exact) mass is 422 g/mol. The third kappa shape index (κ3) is 7.86. The van der Waals surface area contributed by atoms with E-state index in [9.17, 15) is 9.59 Å². The molecular weight excluding hydrogens is 384 g/mol. The normalized spacial score (nSPS) is 12.5. The zero-order valence-corrected chi connectivity index (χ0v) is 20.2. The molecule has 0 saturated carbocycles. The minimum absolute atomic E-state index is 0.00833. The number of benzene rings is 2. The lowest BCUT2D eigenvalue weighted by Crippen LogP contribution is -2.52. The van der Waals surface area contributed by atoms with Gasteiger partial charge in [-0.25, -0.2) is 0 Å². The first kappa shape index (κ1) is 24.6. The minimum atomic E-state index is -0.546. The summed E-state index contributed by atoms with van der Waals surface area (Å²) in [5.41, 5.74) is 4.26. The first-order valence-corrected chi connectivity index (χ1v) is 11.2. The van der Waals surface area contributed by atoms with Gasteiger partial charge in [0.05, 0.1) is 0 Å². The topological polar surface area (TPSA) is 49.4 Å². The van der Waals surface area contributed by atoms with Crippen molar-refractivity contribution < 1.29 is 9.59 Å². The number of carbonyl (C=O) groups is 2. The quantitative estimate of drug-likeness (QED) is 0.621. The van der Waals surface area contributed by atoms with Crippen LogP contribution in [0.25, 0.3) is 0 Å². The maximum Gasteiger partial charge on any atom is 0.242 e. The van der Waals surface area contributed by atoms with Crippen LogP contribution in [0.15, 0.2) is 48.5 Å². The van der Waals surface area contributed by atoms with E-state index in [1.165, 1.54) is 5.56 Å². The van der Waals surface area contributed by atoms with Crippen molar-refractivity contribution >= 4 is 11.8 Å². The highest BCUT2D eigenvalue weighted by atomic mass is 16.2. The van der Waals surface area contributed by atoms with Crippen molar-refractivity contribution in [1.29, 1.82) is 0 Å². The summed E-state index contributed by atoms with van der Waals surface area (Å²) in [5, 5.41) is 3.01. The molecule has 0 heterocycles. The molecule has 1 atom stereocenters. The highest BCUT2D eigenvalue weighted by Gasteiger charge is 2.28. The van der Waals surface area contributed by atoms with Gasteiger partial charge in [0.2, 0.25) is 11.8 Å². The van der Waals surface area contributed by atoms with Gasteiger partial charge in [-0.15, -0.1) is 0 Å². The molecule has 2 amide bonds. The van der Waals surface area contributed by atoms with Crippen LogP contribution in [0.1, 0.15) is 76.1 Å². The molecule has 0 saturated heterocycles. The summed E-state index contributed by atoms with van der Waals surface area (Å²) in [6.07, 6.45) is 1.04. The average Bonchev–Trinajstić information content (AvgIpc) is 2.68. The Kier molecular flexibility index (Phi) is 8.43. The lowest BCUT2D eigenvalue weighted by atomic mass is 10.00. The summed E-state index contributed by atoms with van der Waals surface area (Å²) in [5.74, 6) is 0.350. The van der Waals surface area contributed by atoms with Crippen LogP contribution in [0.2, 0.25) is 0 Å². The van der Waals surface area contributed by atoms with Gasteiger partial charge in [-0.05, 0) is 63.6 Å². The second kappa shape index (κ2) is 10.6. The highest BCUT2D eigenvalue weighted by Crippen LogP contribution is 2.17. The molecule has 0 bridgehead atoms. The Morgan fingerprint density at radius 3 is 2.16 bits per heavy atom. The van der Waals surface area contributed by atoms with E-state index in [0.29, 0.717) is 25.3 Å². The molecule has 0 aliphatic rings. The molecule has 31 heavy (non-hydrogen) atoms. The fourth-order valence-corrected chi connectivity index (χ4v) is 3.53. The van der Waals surface area contributed by atoms with Crippen molar-refractivity contribution in [2.24, 2.45) is 0 Å². The Bertz CT molecular complexity index is 879. The summed E-state index contributed by atoms with van der Waals surface area (Å²) >= 11 is 0. The maximum atomic E-state index is 13.2.